The molecule has 4 heteroatoms. The Bertz CT molecular complexity index is 792. The molecule has 0 aromatic heterocycles. The topological polar surface area (TPSA) is 38.3 Å². The highest BCUT2D eigenvalue weighted by Gasteiger charge is 2.50. The Morgan fingerprint density at radius 1 is 0.909 bits per heavy atom. The number of carbonyl (C=O) groups is 1. The first-order chi connectivity index (χ1) is 15.6. The van der Waals surface area contributed by atoms with Crippen molar-refractivity contribution in [2.24, 2.45) is 17.8 Å². The lowest BCUT2D eigenvalue weighted by Gasteiger charge is -2.43. The van der Waals surface area contributed by atoms with Crippen LogP contribution < -0.4 is 15.7 Å². The Balaban J connectivity index is 2.09. The summed E-state index contributed by atoms with van der Waals surface area (Å²) in [5, 5.41) is 5.76. The van der Waals surface area contributed by atoms with Gasteiger partial charge in [-0.15, -0.1) is 0 Å². The van der Waals surface area contributed by atoms with Crippen molar-refractivity contribution in [2.75, 3.05) is 13.2 Å². The Kier molecular flexibility index (Phi) is 10.4. The number of nitrogens with one attached hydrogen (secondary N) is 1. The Morgan fingerprint density at radius 3 is 1.88 bits per heavy atom. The second kappa shape index (κ2) is 12.5. The smallest absolute Gasteiger partial charge is 0.261 e. The minimum Gasteiger partial charge on any atom is -0.407 e. The molecule has 0 fully saturated rings. The zero-order valence-corrected chi connectivity index (χ0v) is 22.9. The number of hydrogen-bond acceptors (Lipinski definition) is 2. The van der Waals surface area contributed by atoms with Crippen molar-refractivity contribution < 1.29 is 9.22 Å². The zero-order chi connectivity index (χ0) is 24.5. The number of hydrogen-bond donors (Lipinski definition) is 1. The van der Waals surface area contributed by atoms with E-state index in [4.69, 9.17) is 4.43 Å². The lowest BCUT2D eigenvalue weighted by atomic mass is 9.95. The first kappa shape index (κ1) is 27.3. The van der Waals surface area contributed by atoms with Crippen molar-refractivity contribution in [1.82, 2.24) is 5.32 Å². The molecule has 0 radical (unpaired) electrons. The van der Waals surface area contributed by atoms with Gasteiger partial charge < -0.3 is 9.74 Å². The number of amides is 1. The molecule has 0 aliphatic heterocycles. The lowest BCUT2D eigenvalue weighted by molar-refractivity contribution is -0.124. The molecule has 0 aliphatic carbocycles. The van der Waals surface area contributed by atoms with Gasteiger partial charge in [0.15, 0.2) is 0 Å². The highest BCUT2D eigenvalue weighted by atomic mass is 28.4. The van der Waals surface area contributed by atoms with Gasteiger partial charge in [-0.1, -0.05) is 109 Å². The maximum Gasteiger partial charge on any atom is 0.261 e. The van der Waals surface area contributed by atoms with Crippen molar-refractivity contribution in [3.63, 3.8) is 0 Å². The molecule has 2 aromatic carbocycles. The second-order valence-electron chi connectivity index (χ2n) is 10.8. The lowest BCUT2D eigenvalue weighted by Crippen LogP contribution is -2.66. The van der Waals surface area contributed by atoms with E-state index in [1.54, 1.807) is 0 Å². The molecule has 0 bridgehead atoms. The molecule has 3 nitrogen and oxygen atoms in total. The number of benzene rings is 2. The summed E-state index contributed by atoms with van der Waals surface area (Å²) in [6, 6.07) is 21.7. The van der Waals surface area contributed by atoms with Gasteiger partial charge in [0, 0.05) is 19.1 Å². The highest BCUT2D eigenvalue weighted by Crippen LogP contribution is 2.37. The van der Waals surface area contributed by atoms with Gasteiger partial charge in [0.2, 0.25) is 5.91 Å². The Labute approximate surface area is 203 Å². The Morgan fingerprint density at radius 2 is 1.42 bits per heavy atom. The zero-order valence-electron chi connectivity index (χ0n) is 21.9. The van der Waals surface area contributed by atoms with E-state index in [1.807, 2.05) is 6.92 Å². The average Bonchev–Trinajstić information content (AvgIpc) is 2.79. The van der Waals surface area contributed by atoms with E-state index in [-0.39, 0.29) is 16.9 Å². The van der Waals surface area contributed by atoms with Crippen LogP contribution in [0.4, 0.5) is 0 Å². The largest absolute Gasteiger partial charge is 0.407 e. The van der Waals surface area contributed by atoms with Crippen LogP contribution in [0.2, 0.25) is 5.04 Å². The van der Waals surface area contributed by atoms with Gasteiger partial charge in [0.05, 0.1) is 0 Å². The monoisotopic (exact) mass is 467 g/mol. The standard InChI is InChI=1S/C29H45NO2Si/c1-8-25(4)28(31)30-20-19-23(2)21-24(3)22-32-33(29(5,6)7,26-15-11-9-12-16-26)27-17-13-10-14-18-27/h9-18,23-25H,8,19-22H2,1-7H3,(H,30,31)/t23-,24-,25+/m0/s1. The fraction of sp³-hybridized carbons (Fsp3) is 0.552. The molecule has 2 rings (SSSR count). The highest BCUT2D eigenvalue weighted by molar-refractivity contribution is 6.99. The number of carbonyl (C=O) groups excluding carboxylic acids is 1. The van der Waals surface area contributed by atoms with E-state index in [9.17, 15) is 4.79 Å². The normalized spacial score (nSPS) is 15.0. The maximum absolute atomic E-state index is 12.0. The molecular formula is C29H45NO2Si. The second-order valence-corrected chi connectivity index (χ2v) is 15.1. The molecule has 0 aliphatic rings. The molecule has 3 atom stereocenters. The third-order valence-corrected chi connectivity index (χ3v) is 11.8. The molecule has 0 spiro atoms. The van der Waals surface area contributed by atoms with Crippen molar-refractivity contribution in [3.8, 4) is 0 Å². The molecule has 0 saturated heterocycles. The van der Waals surface area contributed by atoms with Crippen molar-refractivity contribution in [2.45, 2.75) is 72.8 Å². The quantitative estimate of drug-likeness (QED) is 0.402. The van der Waals surface area contributed by atoms with Gasteiger partial charge in [-0.05, 0) is 46.5 Å². The average molecular weight is 468 g/mol. The van der Waals surface area contributed by atoms with Crippen LogP contribution in [0.5, 0.6) is 0 Å². The fourth-order valence-electron chi connectivity index (χ4n) is 4.70. The summed E-state index contributed by atoms with van der Waals surface area (Å²) in [5.41, 5.74) is 0. The fourth-order valence-corrected chi connectivity index (χ4v) is 9.39. The predicted octanol–water partition coefficient (Wildman–Crippen LogP) is 5.78. The van der Waals surface area contributed by atoms with E-state index in [2.05, 4.69) is 108 Å². The van der Waals surface area contributed by atoms with Crippen LogP contribution in [0.3, 0.4) is 0 Å². The summed E-state index contributed by atoms with van der Waals surface area (Å²) in [6.07, 6.45) is 2.99. The summed E-state index contributed by atoms with van der Waals surface area (Å²) in [4.78, 5) is 12.0. The molecule has 2 aromatic rings. The van der Waals surface area contributed by atoms with Crippen LogP contribution in [0, 0.1) is 17.8 Å². The third-order valence-electron chi connectivity index (χ3n) is 6.80. The predicted molar refractivity (Wildman–Crippen MR) is 144 cm³/mol. The maximum atomic E-state index is 12.0. The van der Waals surface area contributed by atoms with Gasteiger partial charge in [-0.25, -0.2) is 0 Å². The van der Waals surface area contributed by atoms with Gasteiger partial charge >= 0.3 is 0 Å². The first-order valence-electron chi connectivity index (χ1n) is 12.6. The van der Waals surface area contributed by atoms with E-state index in [1.165, 1.54) is 10.4 Å². The minimum absolute atomic E-state index is 0.00128. The van der Waals surface area contributed by atoms with Crippen LogP contribution in [-0.2, 0) is 9.22 Å². The van der Waals surface area contributed by atoms with E-state index < -0.39 is 8.32 Å². The molecule has 0 heterocycles. The summed E-state index contributed by atoms with van der Waals surface area (Å²) in [6.45, 7) is 17.1. The molecular weight excluding hydrogens is 422 g/mol. The first-order valence-corrected chi connectivity index (χ1v) is 14.5. The van der Waals surface area contributed by atoms with Gasteiger partial charge in [0.25, 0.3) is 8.32 Å². The van der Waals surface area contributed by atoms with Crippen LogP contribution in [0.1, 0.15) is 67.7 Å². The molecule has 33 heavy (non-hydrogen) atoms. The van der Waals surface area contributed by atoms with Crippen molar-refractivity contribution in [3.05, 3.63) is 60.7 Å². The van der Waals surface area contributed by atoms with Crippen LogP contribution in [0.15, 0.2) is 60.7 Å². The minimum atomic E-state index is -2.48. The van der Waals surface area contributed by atoms with Crippen molar-refractivity contribution >= 4 is 24.6 Å². The number of rotatable bonds is 12. The van der Waals surface area contributed by atoms with E-state index in [0.717, 1.165) is 32.4 Å². The molecule has 1 N–H and O–H groups in total. The van der Waals surface area contributed by atoms with Gasteiger partial charge in [-0.2, -0.15) is 0 Å². The van der Waals surface area contributed by atoms with E-state index in [0.29, 0.717) is 11.8 Å². The summed E-state index contributed by atoms with van der Waals surface area (Å²) in [7, 11) is -2.48. The molecule has 0 saturated carbocycles. The van der Waals surface area contributed by atoms with Crippen LogP contribution in [-0.4, -0.2) is 27.4 Å². The van der Waals surface area contributed by atoms with Gasteiger partial charge in [-0.3, -0.25) is 4.79 Å². The van der Waals surface area contributed by atoms with E-state index >= 15 is 0 Å². The van der Waals surface area contributed by atoms with Gasteiger partial charge in [0.1, 0.15) is 0 Å². The molecule has 182 valence electrons. The summed E-state index contributed by atoms with van der Waals surface area (Å²) < 4.78 is 7.09. The van der Waals surface area contributed by atoms with Crippen LogP contribution in [0.25, 0.3) is 0 Å². The summed E-state index contributed by atoms with van der Waals surface area (Å²) >= 11 is 0. The SMILES string of the molecule is CC[C@@H](C)C(=O)NCC[C@H](C)C[C@H](C)CO[Si](c1ccccc1)(c1ccccc1)C(C)(C)C. The molecule has 1 amide bonds. The van der Waals surface area contributed by atoms with Crippen LogP contribution >= 0.6 is 0 Å². The molecule has 0 unspecified atom stereocenters. The van der Waals surface area contributed by atoms with Crippen molar-refractivity contribution in [1.29, 1.82) is 0 Å². The third kappa shape index (κ3) is 7.28. The Hall–Kier alpha value is -1.91. The summed E-state index contributed by atoms with van der Waals surface area (Å²) in [5.74, 6) is 1.26.